The molecule has 0 aliphatic rings. The molecule has 0 saturated carbocycles. The molecule has 2 N–H and O–H groups in total. The highest BCUT2D eigenvalue weighted by atomic mass is 16.5. The fourth-order valence-corrected chi connectivity index (χ4v) is 1.55. The third kappa shape index (κ3) is 5.27. The minimum Gasteiger partial charge on any atom is -0.385 e. The lowest BCUT2D eigenvalue weighted by atomic mass is 10.2. The molecule has 0 aliphatic heterocycles. The van der Waals surface area contributed by atoms with E-state index in [1.807, 2.05) is 0 Å². The van der Waals surface area contributed by atoms with Gasteiger partial charge in [0.2, 0.25) is 0 Å². The fourth-order valence-electron chi connectivity index (χ4n) is 1.55. The highest BCUT2D eigenvalue weighted by Crippen LogP contribution is 2.10. The lowest BCUT2D eigenvalue weighted by Gasteiger charge is -2.11. The Balaban J connectivity index is 2.45. The Kier molecular flexibility index (Phi) is 6.52. The fraction of sp³-hybridized carbons (Fsp3) is 0.429. The van der Waals surface area contributed by atoms with Crippen molar-refractivity contribution < 1.29 is 14.3 Å². The molecule has 0 unspecified atom stereocenters. The Hall–Kier alpha value is -2.08. The predicted molar refractivity (Wildman–Crippen MR) is 78.0 cm³/mol. The maximum Gasteiger partial charge on any atom is 0.319 e. The molecular formula is C14H21N3O3. The number of anilines is 1. The van der Waals surface area contributed by atoms with Gasteiger partial charge in [-0.2, -0.15) is 0 Å². The summed E-state index contributed by atoms with van der Waals surface area (Å²) in [7, 11) is 5.01. The van der Waals surface area contributed by atoms with E-state index in [-0.39, 0.29) is 11.9 Å². The van der Waals surface area contributed by atoms with Gasteiger partial charge in [-0.05, 0) is 30.7 Å². The van der Waals surface area contributed by atoms with Gasteiger partial charge in [0.25, 0.3) is 5.91 Å². The van der Waals surface area contributed by atoms with E-state index in [9.17, 15) is 9.59 Å². The first-order valence-corrected chi connectivity index (χ1v) is 6.40. The Morgan fingerprint density at radius 2 is 1.85 bits per heavy atom. The SMILES string of the molecule is COCCCNC(=O)Nc1ccc(C(=O)N(C)C)cc1. The highest BCUT2D eigenvalue weighted by molar-refractivity contribution is 5.95. The van der Waals surface area contributed by atoms with Gasteiger partial charge in [-0.25, -0.2) is 4.79 Å². The summed E-state index contributed by atoms with van der Waals surface area (Å²) in [5.41, 5.74) is 1.23. The van der Waals surface area contributed by atoms with Crippen molar-refractivity contribution in [2.75, 3.05) is 39.7 Å². The Bertz CT molecular complexity index is 443. The Morgan fingerprint density at radius 1 is 1.20 bits per heavy atom. The molecule has 6 heteroatoms. The molecule has 0 aliphatic carbocycles. The molecule has 0 aromatic heterocycles. The van der Waals surface area contributed by atoms with Gasteiger partial charge < -0.3 is 20.3 Å². The van der Waals surface area contributed by atoms with Crippen LogP contribution in [0, 0.1) is 0 Å². The molecule has 6 nitrogen and oxygen atoms in total. The predicted octanol–water partition coefficient (Wildman–Crippen LogP) is 1.55. The van der Waals surface area contributed by atoms with E-state index in [0.29, 0.717) is 24.4 Å². The van der Waals surface area contributed by atoms with Crippen LogP contribution in [-0.4, -0.2) is 51.2 Å². The van der Waals surface area contributed by atoms with Crippen LogP contribution in [0.5, 0.6) is 0 Å². The second-order valence-corrected chi connectivity index (χ2v) is 4.50. The highest BCUT2D eigenvalue weighted by Gasteiger charge is 2.07. The summed E-state index contributed by atoms with van der Waals surface area (Å²) in [4.78, 5) is 24.8. The van der Waals surface area contributed by atoms with Crippen LogP contribution in [-0.2, 0) is 4.74 Å². The van der Waals surface area contributed by atoms with E-state index in [1.54, 1.807) is 45.5 Å². The molecule has 0 heterocycles. The number of benzene rings is 1. The third-order valence-corrected chi connectivity index (χ3v) is 2.61. The molecule has 0 spiro atoms. The molecule has 0 fully saturated rings. The zero-order chi connectivity index (χ0) is 15.0. The van der Waals surface area contributed by atoms with Crippen LogP contribution in [0.4, 0.5) is 10.5 Å². The molecule has 110 valence electrons. The lowest BCUT2D eigenvalue weighted by molar-refractivity contribution is 0.0827. The monoisotopic (exact) mass is 279 g/mol. The average Bonchev–Trinajstić information content (AvgIpc) is 2.43. The van der Waals surface area contributed by atoms with Crippen molar-refractivity contribution in [3.05, 3.63) is 29.8 Å². The van der Waals surface area contributed by atoms with E-state index in [1.165, 1.54) is 4.90 Å². The second-order valence-electron chi connectivity index (χ2n) is 4.50. The Morgan fingerprint density at radius 3 is 2.40 bits per heavy atom. The number of hydrogen-bond donors (Lipinski definition) is 2. The van der Waals surface area contributed by atoms with Crippen molar-refractivity contribution >= 4 is 17.6 Å². The van der Waals surface area contributed by atoms with E-state index < -0.39 is 0 Å². The van der Waals surface area contributed by atoms with Crippen LogP contribution < -0.4 is 10.6 Å². The molecule has 0 atom stereocenters. The van der Waals surface area contributed by atoms with Crippen molar-refractivity contribution in [2.24, 2.45) is 0 Å². The van der Waals surface area contributed by atoms with Gasteiger partial charge in [-0.1, -0.05) is 0 Å². The first kappa shape index (κ1) is 16.0. The van der Waals surface area contributed by atoms with E-state index in [0.717, 1.165) is 6.42 Å². The second kappa shape index (κ2) is 8.16. The molecule has 3 amide bonds. The standard InChI is InChI=1S/C14H21N3O3/c1-17(2)13(18)11-5-7-12(8-6-11)16-14(19)15-9-4-10-20-3/h5-8H,4,9-10H2,1-3H3,(H2,15,16,19). The quantitative estimate of drug-likeness (QED) is 0.776. The van der Waals surface area contributed by atoms with Gasteiger partial charge in [-0.3, -0.25) is 4.79 Å². The molecule has 1 aromatic rings. The van der Waals surface area contributed by atoms with Crippen molar-refractivity contribution in [1.82, 2.24) is 10.2 Å². The number of amides is 3. The third-order valence-electron chi connectivity index (χ3n) is 2.61. The minimum absolute atomic E-state index is 0.0689. The molecule has 20 heavy (non-hydrogen) atoms. The van der Waals surface area contributed by atoms with E-state index >= 15 is 0 Å². The summed E-state index contributed by atoms with van der Waals surface area (Å²) in [5.74, 6) is -0.0689. The molecule has 1 aromatic carbocycles. The number of nitrogens with one attached hydrogen (secondary N) is 2. The molecule has 1 rings (SSSR count). The van der Waals surface area contributed by atoms with Crippen molar-refractivity contribution in [3.8, 4) is 0 Å². The number of nitrogens with zero attached hydrogens (tertiary/aromatic N) is 1. The van der Waals surface area contributed by atoms with Crippen LogP contribution in [0.25, 0.3) is 0 Å². The van der Waals surface area contributed by atoms with Crippen LogP contribution in [0.15, 0.2) is 24.3 Å². The summed E-state index contributed by atoms with van der Waals surface area (Å²) < 4.78 is 4.89. The van der Waals surface area contributed by atoms with Gasteiger partial charge in [0.1, 0.15) is 0 Å². The summed E-state index contributed by atoms with van der Waals surface area (Å²) in [5, 5.41) is 5.41. The molecule has 0 saturated heterocycles. The van der Waals surface area contributed by atoms with Gasteiger partial charge in [0.05, 0.1) is 0 Å². The van der Waals surface area contributed by atoms with Gasteiger partial charge >= 0.3 is 6.03 Å². The summed E-state index contributed by atoms with van der Waals surface area (Å²) in [6.45, 7) is 1.17. The summed E-state index contributed by atoms with van der Waals surface area (Å²) >= 11 is 0. The first-order valence-electron chi connectivity index (χ1n) is 6.40. The topological polar surface area (TPSA) is 70.7 Å². The normalized spacial score (nSPS) is 9.95. The largest absolute Gasteiger partial charge is 0.385 e. The summed E-state index contributed by atoms with van der Waals surface area (Å²) in [6, 6.07) is 6.50. The maximum absolute atomic E-state index is 11.7. The number of ether oxygens (including phenoxy) is 1. The zero-order valence-electron chi connectivity index (χ0n) is 12.1. The number of urea groups is 1. The minimum atomic E-state index is -0.271. The van der Waals surface area contributed by atoms with Gasteiger partial charge in [-0.15, -0.1) is 0 Å². The number of methoxy groups -OCH3 is 1. The van der Waals surface area contributed by atoms with Crippen molar-refractivity contribution in [2.45, 2.75) is 6.42 Å². The van der Waals surface area contributed by atoms with Crippen LogP contribution >= 0.6 is 0 Å². The van der Waals surface area contributed by atoms with Crippen molar-refractivity contribution in [1.29, 1.82) is 0 Å². The number of rotatable bonds is 6. The smallest absolute Gasteiger partial charge is 0.319 e. The molecular weight excluding hydrogens is 258 g/mol. The van der Waals surface area contributed by atoms with Gasteiger partial charge in [0.15, 0.2) is 0 Å². The average molecular weight is 279 g/mol. The van der Waals surface area contributed by atoms with Crippen molar-refractivity contribution in [3.63, 3.8) is 0 Å². The number of hydrogen-bond acceptors (Lipinski definition) is 3. The maximum atomic E-state index is 11.7. The Labute approximate surface area is 119 Å². The first-order chi connectivity index (χ1) is 9.54. The number of carbonyl (C=O) groups is 2. The lowest BCUT2D eigenvalue weighted by Crippen LogP contribution is -2.30. The van der Waals surface area contributed by atoms with E-state index in [4.69, 9.17) is 4.74 Å². The zero-order valence-corrected chi connectivity index (χ0v) is 12.1. The van der Waals surface area contributed by atoms with Crippen LogP contribution in [0.1, 0.15) is 16.8 Å². The molecule has 0 bridgehead atoms. The number of carbonyl (C=O) groups excluding carboxylic acids is 2. The van der Waals surface area contributed by atoms with Crippen LogP contribution in [0.3, 0.4) is 0 Å². The summed E-state index contributed by atoms with van der Waals surface area (Å²) in [6.07, 6.45) is 0.764. The van der Waals surface area contributed by atoms with Crippen LogP contribution in [0.2, 0.25) is 0 Å². The molecule has 0 radical (unpaired) electrons. The van der Waals surface area contributed by atoms with E-state index in [2.05, 4.69) is 10.6 Å². The van der Waals surface area contributed by atoms with Gasteiger partial charge in [0, 0.05) is 45.6 Å².